The van der Waals surface area contributed by atoms with Crippen LogP contribution in [0.4, 0.5) is 0 Å². The van der Waals surface area contributed by atoms with Crippen LogP contribution in [0.2, 0.25) is 0 Å². The van der Waals surface area contributed by atoms with Crippen LogP contribution in [0, 0.1) is 0 Å². The predicted molar refractivity (Wildman–Crippen MR) is 165 cm³/mol. The summed E-state index contributed by atoms with van der Waals surface area (Å²) in [5, 5.41) is 12.3. The molecule has 0 saturated heterocycles. The summed E-state index contributed by atoms with van der Waals surface area (Å²) in [4.78, 5) is 0. The van der Waals surface area contributed by atoms with Crippen LogP contribution in [0.5, 0.6) is 11.5 Å². The Morgan fingerprint density at radius 2 is 1.00 bits per heavy atom. The summed E-state index contributed by atoms with van der Waals surface area (Å²) in [5.74, 6) is 1.87. The fourth-order valence-electron chi connectivity index (χ4n) is 6.56. The first kappa shape index (κ1) is 20.9. The molecule has 39 heavy (non-hydrogen) atoms. The van der Waals surface area contributed by atoms with E-state index in [4.69, 9.17) is 4.74 Å². The lowest BCUT2D eigenvalue weighted by molar-refractivity contribution is 0.493. The van der Waals surface area contributed by atoms with Crippen molar-refractivity contribution in [3.05, 3.63) is 133 Å². The molecule has 1 aliphatic rings. The zero-order valence-electron chi connectivity index (χ0n) is 21.1. The van der Waals surface area contributed by atoms with Gasteiger partial charge >= 0.3 is 0 Å². The lowest BCUT2D eigenvalue weighted by atomic mass is 9.89. The summed E-state index contributed by atoms with van der Waals surface area (Å²) in [6, 6.07) is 48.4. The average molecular weight is 495 g/mol. The quantitative estimate of drug-likeness (QED) is 0.163. The number of fused-ring (bicyclic) bond motifs is 8. The molecule has 0 aliphatic carbocycles. The van der Waals surface area contributed by atoms with Gasteiger partial charge in [-0.3, -0.25) is 0 Å². The first-order chi connectivity index (χ1) is 19.3. The predicted octanol–water partition coefficient (Wildman–Crippen LogP) is 10.9. The molecular weight excluding hydrogens is 472 g/mol. The topological polar surface area (TPSA) is 9.23 Å². The van der Waals surface area contributed by atoms with Crippen molar-refractivity contribution in [3.8, 4) is 33.8 Å². The van der Waals surface area contributed by atoms with Crippen LogP contribution >= 0.6 is 0 Å². The number of hydrogen-bond acceptors (Lipinski definition) is 1. The molecule has 0 fully saturated rings. The van der Waals surface area contributed by atoms with Crippen LogP contribution < -0.4 is 4.74 Å². The first-order valence-electron chi connectivity index (χ1n) is 13.4. The molecule has 0 bridgehead atoms. The minimum Gasteiger partial charge on any atom is -0.455 e. The Morgan fingerprint density at radius 3 is 1.90 bits per heavy atom. The maximum Gasteiger partial charge on any atom is 0.143 e. The summed E-state index contributed by atoms with van der Waals surface area (Å²) in [7, 11) is 0. The highest BCUT2D eigenvalue weighted by Gasteiger charge is 2.23. The number of ether oxygens (including phenoxy) is 1. The van der Waals surface area contributed by atoms with Gasteiger partial charge in [0.2, 0.25) is 0 Å². The largest absolute Gasteiger partial charge is 0.455 e. The highest BCUT2D eigenvalue weighted by molar-refractivity contribution is 6.15. The van der Waals surface area contributed by atoms with E-state index in [1.165, 1.54) is 65.2 Å². The number of rotatable bonds is 1. The van der Waals surface area contributed by atoms with Crippen LogP contribution in [0.25, 0.3) is 76.1 Å². The van der Waals surface area contributed by atoms with Crippen molar-refractivity contribution >= 4 is 53.9 Å². The van der Waals surface area contributed by atoms with Crippen LogP contribution in [-0.4, -0.2) is 0 Å². The molecule has 0 atom stereocenters. The Labute approximate surface area is 225 Å². The molecule has 180 valence electrons. The van der Waals surface area contributed by atoms with Crippen molar-refractivity contribution in [3.63, 3.8) is 0 Å². The lowest BCUT2D eigenvalue weighted by Crippen LogP contribution is -1.98. The summed E-state index contributed by atoms with van der Waals surface area (Å²) >= 11 is 0. The molecule has 0 radical (unpaired) electrons. The van der Waals surface area contributed by atoms with Gasteiger partial charge in [0.25, 0.3) is 0 Å². The van der Waals surface area contributed by atoms with Crippen molar-refractivity contribution in [2.75, 3.05) is 0 Å². The van der Waals surface area contributed by atoms with E-state index in [1.807, 2.05) is 0 Å². The molecule has 0 unspecified atom stereocenters. The maximum absolute atomic E-state index is 6.76. The standard InChI is InChI=1S/C38H22O/c1-3-11-29-23(7-1)15-16-26-21-34-25(20-35(26)29)9-5-13-30(34)28-19-27-10-6-14-32-33-18-17-24-8-2-4-12-31(24)38(33)39-36(22-28)37(27)32/h1-22H. The van der Waals surface area contributed by atoms with Crippen molar-refractivity contribution in [2.24, 2.45) is 0 Å². The van der Waals surface area contributed by atoms with E-state index in [0.29, 0.717) is 0 Å². The minimum absolute atomic E-state index is 0.922. The molecule has 9 rings (SSSR count). The SMILES string of the molecule is c1cc(-c2cc3c4c(cccc4c2)-c2ccc4ccccc4c2O3)c2cc3ccc4ccccc4c3cc2c1. The highest BCUT2D eigenvalue weighted by atomic mass is 16.5. The third-order valence-corrected chi connectivity index (χ3v) is 8.38. The number of hydrogen-bond donors (Lipinski definition) is 0. The Balaban J connectivity index is 1.30. The molecule has 0 saturated carbocycles. The van der Waals surface area contributed by atoms with Gasteiger partial charge in [0, 0.05) is 16.3 Å². The third-order valence-electron chi connectivity index (χ3n) is 8.38. The minimum atomic E-state index is 0.922. The van der Waals surface area contributed by atoms with E-state index in [2.05, 4.69) is 133 Å². The molecular formula is C38H22O. The van der Waals surface area contributed by atoms with Crippen LogP contribution in [0.1, 0.15) is 0 Å². The molecule has 1 heteroatoms. The lowest BCUT2D eigenvalue weighted by Gasteiger charge is -2.24. The van der Waals surface area contributed by atoms with Gasteiger partial charge in [-0.05, 0) is 90.1 Å². The van der Waals surface area contributed by atoms with Crippen molar-refractivity contribution in [1.29, 1.82) is 0 Å². The highest BCUT2D eigenvalue weighted by Crippen LogP contribution is 2.50. The molecule has 8 aromatic carbocycles. The van der Waals surface area contributed by atoms with E-state index in [-0.39, 0.29) is 0 Å². The molecule has 0 amide bonds. The van der Waals surface area contributed by atoms with Gasteiger partial charge in [0.05, 0.1) is 0 Å². The van der Waals surface area contributed by atoms with E-state index < -0.39 is 0 Å². The summed E-state index contributed by atoms with van der Waals surface area (Å²) < 4.78 is 6.76. The molecule has 0 N–H and O–H groups in total. The van der Waals surface area contributed by atoms with Crippen molar-refractivity contribution < 1.29 is 4.74 Å². The van der Waals surface area contributed by atoms with Crippen molar-refractivity contribution in [1.82, 2.24) is 0 Å². The first-order valence-corrected chi connectivity index (χ1v) is 13.4. The summed E-state index contributed by atoms with van der Waals surface area (Å²) in [5.41, 5.74) is 4.78. The normalized spacial score (nSPS) is 12.3. The zero-order valence-corrected chi connectivity index (χ0v) is 21.1. The van der Waals surface area contributed by atoms with Gasteiger partial charge in [-0.2, -0.15) is 0 Å². The van der Waals surface area contributed by atoms with Gasteiger partial charge in [0.15, 0.2) is 0 Å². The smallest absolute Gasteiger partial charge is 0.143 e. The number of benzene rings is 8. The Kier molecular flexibility index (Phi) is 4.11. The molecule has 1 nitrogen and oxygen atoms in total. The average Bonchev–Trinajstić information content (AvgIpc) is 2.99. The summed E-state index contributed by atoms with van der Waals surface area (Å²) in [6.07, 6.45) is 0. The second kappa shape index (κ2) is 7.69. The molecule has 1 aliphatic heterocycles. The van der Waals surface area contributed by atoms with E-state index in [1.54, 1.807) is 0 Å². The fourth-order valence-corrected chi connectivity index (χ4v) is 6.56. The van der Waals surface area contributed by atoms with Gasteiger partial charge in [-0.25, -0.2) is 0 Å². The Hall–Kier alpha value is -5.14. The monoisotopic (exact) mass is 494 g/mol. The molecule has 8 aromatic rings. The molecule has 0 spiro atoms. The van der Waals surface area contributed by atoms with E-state index in [0.717, 1.165) is 22.4 Å². The zero-order chi connectivity index (χ0) is 25.5. The van der Waals surface area contributed by atoms with Crippen molar-refractivity contribution in [2.45, 2.75) is 0 Å². The Morgan fingerprint density at radius 1 is 0.359 bits per heavy atom. The van der Waals surface area contributed by atoms with E-state index in [9.17, 15) is 0 Å². The van der Waals surface area contributed by atoms with Gasteiger partial charge < -0.3 is 4.74 Å². The third kappa shape index (κ3) is 2.96. The fraction of sp³-hybridized carbons (Fsp3) is 0. The van der Waals surface area contributed by atoms with Crippen LogP contribution in [-0.2, 0) is 0 Å². The van der Waals surface area contributed by atoms with Crippen LogP contribution in [0.15, 0.2) is 133 Å². The second-order valence-electron chi connectivity index (χ2n) is 10.5. The Bertz CT molecular complexity index is 2310. The summed E-state index contributed by atoms with van der Waals surface area (Å²) in [6.45, 7) is 0. The second-order valence-corrected chi connectivity index (χ2v) is 10.5. The van der Waals surface area contributed by atoms with Gasteiger partial charge in [-0.1, -0.05) is 103 Å². The molecule has 1 heterocycles. The van der Waals surface area contributed by atoms with E-state index >= 15 is 0 Å². The van der Waals surface area contributed by atoms with Gasteiger partial charge in [0.1, 0.15) is 11.5 Å². The van der Waals surface area contributed by atoms with Crippen LogP contribution in [0.3, 0.4) is 0 Å². The molecule has 0 aromatic heterocycles. The van der Waals surface area contributed by atoms with Gasteiger partial charge in [-0.15, -0.1) is 0 Å². The maximum atomic E-state index is 6.76.